The van der Waals surface area contributed by atoms with Crippen molar-refractivity contribution < 1.29 is 5.11 Å². The van der Waals surface area contributed by atoms with Crippen molar-refractivity contribution in [3.8, 4) is 0 Å². The average Bonchev–Trinajstić information content (AvgIpc) is 2.47. The Bertz CT molecular complexity index is 571. The number of fused-ring (bicyclic) bond motifs is 1. The molecule has 0 radical (unpaired) electrons. The van der Waals surface area contributed by atoms with Gasteiger partial charge in [0.05, 0.1) is 6.61 Å². The lowest BCUT2D eigenvalue weighted by molar-refractivity contribution is 0.219. The van der Waals surface area contributed by atoms with Gasteiger partial charge in [-0.25, -0.2) is 0 Å². The van der Waals surface area contributed by atoms with Crippen molar-refractivity contribution in [1.29, 1.82) is 0 Å². The lowest BCUT2D eigenvalue weighted by atomic mass is 9.69. The third-order valence-corrected chi connectivity index (χ3v) is 3.84. The van der Waals surface area contributed by atoms with E-state index >= 15 is 0 Å². The molecule has 0 aromatic heterocycles. The molecule has 18 heavy (non-hydrogen) atoms. The third-order valence-electron chi connectivity index (χ3n) is 3.84. The van der Waals surface area contributed by atoms with Crippen molar-refractivity contribution in [2.24, 2.45) is 0 Å². The van der Waals surface area contributed by atoms with E-state index in [1.165, 1.54) is 16.7 Å². The van der Waals surface area contributed by atoms with Crippen LogP contribution in [0.4, 0.5) is 0 Å². The van der Waals surface area contributed by atoms with Crippen LogP contribution < -0.4 is 0 Å². The smallest absolute Gasteiger partial charge is 0.0571 e. The van der Waals surface area contributed by atoms with Gasteiger partial charge in [0.2, 0.25) is 0 Å². The minimum atomic E-state index is -0.285. The maximum Gasteiger partial charge on any atom is 0.0571 e. The minimum Gasteiger partial charge on any atom is -0.395 e. The van der Waals surface area contributed by atoms with E-state index in [2.05, 4.69) is 36.4 Å². The molecule has 3 rings (SSSR count). The van der Waals surface area contributed by atoms with Crippen LogP contribution in [0, 0.1) is 0 Å². The van der Waals surface area contributed by atoms with Gasteiger partial charge in [0, 0.05) is 5.41 Å². The van der Waals surface area contributed by atoms with E-state index in [9.17, 15) is 5.11 Å². The van der Waals surface area contributed by atoms with Crippen LogP contribution in [0.25, 0.3) is 6.08 Å². The van der Waals surface area contributed by atoms with Crippen LogP contribution in [0.2, 0.25) is 0 Å². The summed E-state index contributed by atoms with van der Waals surface area (Å²) in [5.74, 6) is 0. The molecule has 0 fully saturated rings. The maximum absolute atomic E-state index is 10.0. The fourth-order valence-electron chi connectivity index (χ4n) is 2.85. The molecule has 1 nitrogen and oxygen atoms in total. The topological polar surface area (TPSA) is 20.2 Å². The highest BCUT2D eigenvalue weighted by Crippen LogP contribution is 2.40. The number of aliphatic hydroxyl groups excluding tert-OH is 1. The Balaban J connectivity index is 2.22. The van der Waals surface area contributed by atoms with Crippen LogP contribution in [0.1, 0.15) is 23.1 Å². The first-order valence-corrected chi connectivity index (χ1v) is 6.29. The molecule has 0 unspecified atom stereocenters. The van der Waals surface area contributed by atoms with Gasteiger partial charge < -0.3 is 5.11 Å². The monoisotopic (exact) mass is 236 g/mol. The summed E-state index contributed by atoms with van der Waals surface area (Å²) in [6.45, 7) is 0.137. The second-order valence-electron chi connectivity index (χ2n) is 4.80. The summed E-state index contributed by atoms with van der Waals surface area (Å²) in [7, 11) is 0. The molecule has 0 saturated heterocycles. The van der Waals surface area contributed by atoms with Crippen LogP contribution in [-0.4, -0.2) is 11.7 Å². The Morgan fingerprint density at radius 1 is 0.944 bits per heavy atom. The first-order valence-electron chi connectivity index (χ1n) is 6.29. The van der Waals surface area contributed by atoms with Crippen molar-refractivity contribution >= 4 is 6.08 Å². The predicted octanol–water partition coefficient (Wildman–Crippen LogP) is 3.38. The molecule has 1 atom stereocenters. The van der Waals surface area contributed by atoms with Gasteiger partial charge in [-0.05, 0) is 23.1 Å². The second kappa shape index (κ2) is 4.43. The Kier molecular flexibility index (Phi) is 2.77. The predicted molar refractivity (Wildman–Crippen MR) is 74.4 cm³/mol. The van der Waals surface area contributed by atoms with Gasteiger partial charge in [-0.3, -0.25) is 0 Å². The summed E-state index contributed by atoms with van der Waals surface area (Å²) in [6.07, 6.45) is 5.16. The van der Waals surface area contributed by atoms with E-state index in [0.717, 1.165) is 6.42 Å². The van der Waals surface area contributed by atoms with Crippen LogP contribution in [0.3, 0.4) is 0 Å². The van der Waals surface area contributed by atoms with E-state index in [4.69, 9.17) is 0 Å². The van der Waals surface area contributed by atoms with Gasteiger partial charge in [-0.15, -0.1) is 0 Å². The summed E-state index contributed by atoms with van der Waals surface area (Å²) in [6, 6.07) is 18.6. The van der Waals surface area contributed by atoms with Crippen molar-refractivity contribution in [2.45, 2.75) is 11.8 Å². The molecule has 0 spiro atoms. The molecule has 1 aliphatic carbocycles. The highest BCUT2D eigenvalue weighted by atomic mass is 16.3. The van der Waals surface area contributed by atoms with Gasteiger partial charge >= 0.3 is 0 Å². The average molecular weight is 236 g/mol. The molecule has 0 amide bonds. The summed E-state index contributed by atoms with van der Waals surface area (Å²) in [5, 5.41) is 10.0. The number of allylic oxidation sites excluding steroid dienone is 1. The van der Waals surface area contributed by atoms with Crippen molar-refractivity contribution in [3.05, 3.63) is 77.4 Å². The van der Waals surface area contributed by atoms with Gasteiger partial charge in [0.15, 0.2) is 0 Å². The molecular formula is C17H16O. The lowest BCUT2D eigenvalue weighted by Gasteiger charge is -2.35. The molecule has 0 heterocycles. The number of hydrogen-bond donors (Lipinski definition) is 1. The lowest BCUT2D eigenvalue weighted by Crippen LogP contribution is -2.33. The molecule has 0 bridgehead atoms. The Morgan fingerprint density at radius 3 is 2.44 bits per heavy atom. The quantitative estimate of drug-likeness (QED) is 0.847. The first kappa shape index (κ1) is 11.2. The van der Waals surface area contributed by atoms with Gasteiger partial charge in [-0.2, -0.15) is 0 Å². The van der Waals surface area contributed by atoms with Gasteiger partial charge in [0.1, 0.15) is 0 Å². The molecule has 90 valence electrons. The highest BCUT2D eigenvalue weighted by molar-refractivity contribution is 5.62. The molecule has 2 aromatic carbocycles. The van der Waals surface area contributed by atoms with Crippen LogP contribution in [-0.2, 0) is 5.41 Å². The van der Waals surface area contributed by atoms with E-state index in [0.29, 0.717) is 0 Å². The van der Waals surface area contributed by atoms with Crippen LogP contribution in [0.5, 0.6) is 0 Å². The number of aliphatic hydroxyl groups is 1. The molecule has 0 saturated carbocycles. The standard InChI is InChI=1S/C17H16O/c18-13-17(15-9-2-1-3-10-15)12-6-8-14-7-4-5-11-16(14)17/h1-11,18H,12-13H2/t17-/m0/s1. The molecule has 0 aliphatic heterocycles. The van der Waals surface area contributed by atoms with Crippen LogP contribution in [0.15, 0.2) is 60.7 Å². The van der Waals surface area contributed by atoms with Crippen LogP contribution >= 0.6 is 0 Å². The fourth-order valence-corrected chi connectivity index (χ4v) is 2.85. The summed E-state index contributed by atoms with van der Waals surface area (Å²) >= 11 is 0. The maximum atomic E-state index is 10.0. The normalized spacial score (nSPS) is 21.6. The van der Waals surface area contributed by atoms with Gasteiger partial charge in [-0.1, -0.05) is 66.7 Å². The molecule has 1 N–H and O–H groups in total. The zero-order chi connectivity index (χ0) is 12.4. The minimum absolute atomic E-state index is 0.137. The first-order chi connectivity index (χ1) is 8.87. The zero-order valence-electron chi connectivity index (χ0n) is 10.2. The van der Waals surface area contributed by atoms with E-state index < -0.39 is 0 Å². The molecule has 2 aromatic rings. The number of benzene rings is 2. The van der Waals surface area contributed by atoms with E-state index in [-0.39, 0.29) is 12.0 Å². The molecule has 1 aliphatic rings. The van der Waals surface area contributed by atoms with E-state index in [1.54, 1.807) is 0 Å². The van der Waals surface area contributed by atoms with E-state index in [1.807, 2.05) is 30.3 Å². The van der Waals surface area contributed by atoms with Crippen molar-refractivity contribution in [1.82, 2.24) is 0 Å². The summed E-state index contributed by atoms with van der Waals surface area (Å²) in [5.41, 5.74) is 3.33. The SMILES string of the molecule is OC[C@]1(c2ccccc2)CC=Cc2ccccc21. The van der Waals surface area contributed by atoms with Crippen molar-refractivity contribution in [3.63, 3.8) is 0 Å². The molecular weight excluding hydrogens is 220 g/mol. The highest BCUT2D eigenvalue weighted by Gasteiger charge is 2.35. The summed E-state index contributed by atoms with van der Waals surface area (Å²) in [4.78, 5) is 0. The summed E-state index contributed by atoms with van der Waals surface area (Å²) < 4.78 is 0. The zero-order valence-corrected chi connectivity index (χ0v) is 10.2. The largest absolute Gasteiger partial charge is 0.395 e. The fraction of sp³-hybridized carbons (Fsp3) is 0.176. The second-order valence-corrected chi connectivity index (χ2v) is 4.80. The molecule has 1 heteroatoms. The van der Waals surface area contributed by atoms with Crippen molar-refractivity contribution in [2.75, 3.05) is 6.61 Å². The number of rotatable bonds is 2. The number of hydrogen-bond acceptors (Lipinski definition) is 1. The Labute approximate surface area is 107 Å². The third kappa shape index (κ3) is 1.59. The Morgan fingerprint density at radius 2 is 1.67 bits per heavy atom. The van der Waals surface area contributed by atoms with Gasteiger partial charge in [0.25, 0.3) is 0 Å². The Hall–Kier alpha value is -1.86.